The van der Waals surface area contributed by atoms with Crippen molar-refractivity contribution in [1.82, 2.24) is 15.1 Å². The van der Waals surface area contributed by atoms with Crippen molar-refractivity contribution in [2.45, 2.75) is 58.2 Å². The van der Waals surface area contributed by atoms with Crippen LogP contribution < -0.4 is 5.32 Å². The molecule has 1 fully saturated rings. The number of hydrogen-bond acceptors (Lipinski definition) is 4. The highest BCUT2D eigenvalue weighted by Gasteiger charge is 2.47. The molecule has 1 aliphatic carbocycles. The van der Waals surface area contributed by atoms with Gasteiger partial charge in [0.2, 0.25) is 23.6 Å². The zero-order valence-electron chi connectivity index (χ0n) is 21.8. The summed E-state index contributed by atoms with van der Waals surface area (Å²) in [5, 5.41) is 2.92. The SMILES string of the molecule is CC(C)NC(=O)[C@H](Cc1ccccc1)N(Cc1ccc(F)cc1)C(=O)CCN1C(=O)[C@H]2CC=CC[C@H]2C1=O. The summed E-state index contributed by atoms with van der Waals surface area (Å²) >= 11 is 0. The number of fused-ring (bicyclic) bond motifs is 1. The van der Waals surface area contributed by atoms with Gasteiger partial charge >= 0.3 is 0 Å². The van der Waals surface area contributed by atoms with Crippen LogP contribution in [0.25, 0.3) is 0 Å². The normalized spacial score (nSPS) is 19.4. The fourth-order valence-electron chi connectivity index (χ4n) is 5.16. The van der Waals surface area contributed by atoms with E-state index in [9.17, 15) is 23.6 Å². The van der Waals surface area contributed by atoms with Crippen molar-refractivity contribution in [3.05, 3.63) is 83.7 Å². The summed E-state index contributed by atoms with van der Waals surface area (Å²) in [5.74, 6) is -2.25. The molecule has 4 amide bonds. The number of benzene rings is 2. The van der Waals surface area contributed by atoms with Gasteiger partial charge in [0.25, 0.3) is 0 Å². The molecule has 3 atom stereocenters. The molecule has 2 aromatic rings. The maximum atomic E-state index is 13.7. The minimum Gasteiger partial charge on any atom is -0.352 e. The molecule has 2 aliphatic rings. The number of hydrogen-bond donors (Lipinski definition) is 1. The van der Waals surface area contributed by atoms with Gasteiger partial charge in [0, 0.05) is 32.0 Å². The lowest BCUT2D eigenvalue weighted by Gasteiger charge is -2.32. The molecule has 1 N–H and O–H groups in total. The fourth-order valence-corrected chi connectivity index (χ4v) is 5.16. The molecule has 1 aliphatic heterocycles. The maximum absolute atomic E-state index is 13.7. The van der Waals surface area contributed by atoms with E-state index >= 15 is 0 Å². The van der Waals surface area contributed by atoms with Crippen LogP contribution in [0.4, 0.5) is 4.39 Å². The van der Waals surface area contributed by atoms with E-state index in [1.807, 2.05) is 56.3 Å². The zero-order valence-corrected chi connectivity index (χ0v) is 21.8. The molecule has 2 aromatic carbocycles. The molecule has 8 heteroatoms. The number of amides is 4. The Morgan fingerprint density at radius 2 is 1.55 bits per heavy atom. The van der Waals surface area contributed by atoms with Crippen molar-refractivity contribution in [1.29, 1.82) is 0 Å². The third-order valence-electron chi connectivity index (χ3n) is 7.12. The summed E-state index contributed by atoms with van der Waals surface area (Å²) < 4.78 is 13.6. The minimum atomic E-state index is -0.839. The molecule has 200 valence electrons. The van der Waals surface area contributed by atoms with Gasteiger partial charge in [0.05, 0.1) is 11.8 Å². The van der Waals surface area contributed by atoms with Gasteiger partial charge in [-0.3, -0.25) is 24.1 Å². The number of nitrogens with zero attached hydrogens (tertiary/aromatic N) is 2. The molecule has 0 bridgehead atoms. The summed E-state index contributed by atoms with van der Waals surface area (Å²) in [5.41, 5.74) is 1.55. The molecule has 0 saturated carbocycles. The van der Waals surface area contributed by atoms with Gasteiger partial charge in [0.1, 0.15) is 11.9 Å². The number of rotatable bonds is 10. The van der Waals surface area contributed by atoms with Crippen LogP contribution in [-0.4, -0.2) is 52.1 Å². The van der Waals surface area contributed by atoms with E-state index in [1.54, 1.807) is 12.1 Å². The number of imide groups is 1. The predicted molar refractivity (Wildman–Crippen MR) is 141 cm³/mol. The smallest absolute Gasteiger partial charge is 0.243 e. The fraction of sp³-hybridized carbons (Fsp3) is 0.400. The summed E-state index contributed by atoms with van der Waals surface area (Å²) in [4.78, 5) is 55.6. The first kappa shape index (κ1) is 27.2. The molecule has 1 saturated heterocycles. The van der Waals surface area contributed by atoms with Gasteiger partial charge < -0.3 is 10.2 Å². The second-order valence-corrected chi connectivity index (χ2v) is 10.3. The number of likely N-dealkylation sites (tertiary alicyclic amines) is 1. The lowest BCUT2D eigenvalue weighted by atomic mass is 9.85. The molecular weight excluding hydrogens is 485 g/mol. The third kappa shape index (κ3) is 6.36. The van der Waals surface area contributed by atoms with Crippen LogP contribution in [0.15, 0.2) is 66.7 Å². The Hall–Kier alpha value is -3.81. The summed E-state index contributed by atoms with van der Waals surface area (Å²) in [6.45, 7) is 3.75. The Bertz CT molecular complexity index is 1170. The van der Waals surface area contributed by atoms with Crippen LogP contribution in [0.1, 0.15) is 44.2 Å². The van der Waals surface area contributed by atoms with Crippen molar-refractivity contribution < 1.29 is 23.6 Å². The highest BCUT2D eigenvalue weighted by Crippen LogP contribution is 2.35. The average Bonchev–Trinajstić information content (AvgIpc) is 3.15. The van der Waals surface area contributed by atoms with Gasteiger partial charge in [-0.05, 0) is 49.9 Å². The third-order valence-corrected chi connectivity index (χ3v) is 7.12. The molecular formula is C30H34FN3O4. The molecule has 7 nitrogen and oxygen atoms in total. The van der Waals surface area contributed by atoms with E-state index in [4.69, 9.17) is 0 Å². The van der Waals surface area contributed by atoms with Crippen LogP contribution in [0, 0.1) is 17.7 Å². The quantitative estimate of drug-likeness (QED) is 0.384. The molecule has 4 rings (SSSR count). The van der Waals surface area contributed by atoms with E-state index in [2.05, 4.69) is 5.32 Å². The van der Waals surface area contributed by atoms with Crippen LogP contribution in [0.5, 0.6) is 0 Å². The van der Waals surface area contributed by atoms with Crippen molar-refractivity contribution in [3.63, 3.8) is 0 Å². The molecule has 38 heavy (non-hydrogen) atoms. The lowest BCUT2D eigenvalue weighted by molar-refractivity contribution is -0.144. The van der Waals surface area contributed by atoms with E-state index in [-0.39, 0.29) is 67.4 Å². The Balaban J connectivity index is 1.58. The standard InChI is InChI=1S/C30H34FN3O4/c1-20(2)32-28(36)26(18-21-8-4-3-5-9-21)34(19-22-12-14-23(31)15-13-22)27(35)16-17-33-29(37)24-10-6-7-11-25(24)30(33)38/h3-9,12-15,20,24-26H,10-11,16-19H2,1-2H3,(H,32,36)/t24-,25+,26-/m0/s1. The van der Waals surface area contributed by atoms with Crippen molar-refractivity contribution in [2.75, 3.05) is 6.54 Å². The molecule has 0 spiro atoms. The van der Waals surface area contributed by atoms with Crippen LogP contribution in [0.3, 0.4) is 0 Å². The number of halogens is 1. The summed E-state index contributed by atoms with van der Waals surface area (Å²) in [6.07, 6.45) is 5.09. The molecule has 1 heterocycles. The Morgan fingerprint density at radius 3 is 2.13 bits per heavy atom. The van der Waals surface area contributed by atoms with Crippen molar-refractivity contribution >= 4 is 23.6 Å². The van der Waals surface area contributed by atoms with Gasteiger partial charge in [-0.2, -0.15) is 0 Å². The van der Waals surface area contributed by atoms with E-state index in [0.717, 1.165) is 5.56 Å². The molecule has 0 radical (unpaired) electrons. The second-order valence-electron chi connectivity index (χ2n) is 10.3. The first-order chi connectivity index (χ1) is 18.2. The Morgan fingerprint density at radius 1 is 0.947 bits per heavy atom. The summed E-state index contributed by atoms with van der Waals surface area (Å²) in [7, 11) is 0. The maximum Gasteiger partial charge on any atom is 0.243 e. The molecule has 0 unspecified atom stereocenters. The van der Waals surface area contributed by atoms with E-state index in [1.165, 1.54) is 21.9 Å². The van der Waals surface area contributed by atoms with Crippen molar-refractivity contribution in [2.24, 2.45) is 11.8 Å². The first-order valence-corrected chi connectivity index (χ1v) is 13.1. The topological polar surface area (TPSA) is 86.8 Å². The first-order valence-electron chi connectivity index (χ1n) is 13.1. The summed E-state index contributed by atoms with van der Waals surface area (Å²) in [6, 6.07) is 14.2. The molecule has 0 aromatic heterocycles. The number of allylic oxidation sites excluding steroid dienone is 2. The second kappa shape index (κ2) is 12.2. The highest BCUT2D eigenvalue weighted by atomic mass is 19.1. The Labute approximate surface area is 222 Å². The monoisotopic (exact) mass is 519 g/mol. The highest BCUT2D eigenvalue weighted by molar-refractivity contribution is 6.05. The van der Waals surface area contributed by atoms with Crippen LogP contribution in [-0.2, 0) is 32.1 Å². The van der Waals surface area contributed by atoms with Gasteiger partial charge in [-0.15, -0.1) is 0 Å². The number of carbonyl (C=O) groups excluding carboxylic acids is 4. The van der Waals surface area contributed by atoms with E-state index in [0.29, 0.717) is 18.4 Å². The predicted octanol–water partition coefficient (Wildman–Crippen LogP) is 3.63. The zero-order chi connectivity index (χ0) is 27.2. The number of nitrogens with one attached hydrogen (secondary N) is 1. The number of carbonyl (C=O) groups is 4. The average molecular weight is 520 g/mol. The van der Waals surface area contributed by atoms with Gasteiger partial charge in [0.15, 0.2) is 0 Å². The largest absolute Gasteiger partial charge is 0.352 e. The van der Waals surface area contributed by atoms with Gasteiger partial charge in [-0.1, -0.05) is 54.6 Å². The van der Waals surface area contributed by atoms with Crippen LogP contribution >= 0.6 is 0 Å². The van der Waals surface area contributed by atoms with Gasteiger partial charge in [-0.25, -0.2) is 4.39 Å². The lowest BCUT2D eigenvalue weighted by Crippen LogP contribution is -2.52. The van der Waals surface area contributed by atoms with Crippen molar-refractivity contribution in [3.8, 4) is 0 Å². The Kier molecular flexibility index (Phi) is 8.71. The van der Waals surface area contributed by atoms with E-state index < -0.39 is 11.9 Å². The minimum absolute atomic E-state index is 0.0344. The van der Waals surface area contributed by atoms with Crippen LogP contribution in [0.2, 0.25) is 0 Å².